The number of hydrogen-bond acceptors (Lipinski definition) is 3. The second kappa shape index (κ2) is 7.01. The topological polar surface area (TPSA) is 46.5 Å². The van der Waals surface area contributed by atoms with Crippen LogP contribution in [0.4, 0.5) is 0 Å². The van der Waals surface area contributed by atoms with E-state index in [1.54, 1.807) is 18.9 Å². The van der Waals surface area contributed by atoms with Gasteiger partial charge in [0, 0.05) is 10.6 Å². The molecule has 0 atom stereocenters. The summed E-state index contributed by atoms with van der Waals surface area (Å²) in [7, 11) is 1.65. The Morgan fingerprint density at radius 3 is 2.45 bits per heavy atom. The maximum absolute atomic E-state index is 10.9. The van der Waals surface area contributed by atoms with Crippen molar-refractivity contribution in [3.63, 3.8) is 0 Å². The number of para-hydroxylation sites is 1. The van der Waals surface area contributed by atoms with Crippen LogP contribution in [0.2, 0.25) is 0 Å². The van der Waals surface area contributed by atoms with Crippen LogP contribution in [-0.4, -0.2) is 18.2 Å². The van der Waals surface area contributed by atoms with E-state index >= 15 is 0 Å². The van der Waals surface area contributed by atoms with E-state index in [0.29, 0.717) is 0 Å². The summed E-state index contributed by atoms with van der Waals surface area (Å²) in [5, 5.41) is 8.93. The molecule has 104 valence electrons. The van der Waals surface area contributed by atoms with Crippen LogP contribution >= 0.6 is 11.8 Å². The van der Waals surface area contributed by atoms with Crippen LogP contribution in [0.5, 0.6) is 5.75 Å². The lowest BCUT2D eigenvalue weighted by Crippen LogP contribution is -2.02. The third kappa shape index (κ3) is 3.78. The number of ether oxygens (including phenoxy) is 1. The van der Waals surface area contributed by atoms with Gasteiger partial charge in [0.15, 0.2) is 0 Å². The smallest absolute Gasteiger partial charge is 0.307 e. The van der Waals surface area contributed by atoms with Gasteiger partial charge in [0.2, 0.25) is 0 Å². The molecule has 0 bridgehead atoms. The minimum atomic E-state index is -0.806. The number of aliphatic carboxylic acids is 1. The number of rotatable bonds is 6. The van der Waals surface area contributed by atoms with Gasteiger partial charge < -0.3 is 9.84 Å². The van der Waals surface area contributed by atoms with Crippen molar-refractivity contribution in [2.45, 2.75) is 17.1 Å². The zero-order chi connectivity index (χ0) is 14.4. The minimum absolute atomic E-state index is 0.0582. The molecule has 0 saturated carbocycles. The highest BCUT2D eigenvalue weighted by Gasteiger charge is 2.08. The molecule has 2 aromatic carbocycles. The second-order valence-corrected chi connectivity index (χ2v) is 5.30. The molecule has 0 aliphatic heterocycles. The normalized spacial score (nSPS) is 10.2. The van der Waals surface area contributed by atoms with E-state index in [1.807, 2.05) is 48.5 Å². The fraction of sp³-hybridized carbons (Fsp3) is 0.188. The highest BCUT2D eigenvalue weighted by Crippen LogP contribution is 2.31. The van der Waals surface area contributed by atoms with Crippen molar-refractivity contribution < 1.29 is 14.6 Å². The summed E-state index contributed by atoms with van der Waals surface area (Å²) in [6.45, 7) is 0. The molecule has 0 fully saturated rings. The summed E-state index contributed by atoms with van der Waals surface area (Å²) in [6, 6.07) is 15.5. The van der Waals surface area contributed by atoms with Gasteiger partial charge in [-0.05, 0) is 23.3 Å². The largest absolute Gasteiger partial charge is 0.496 e. The Bertz CT molecular complexity index is 596. The molecular weight excluding hydrogens is 272 g/mol. The van der Waals surface area contributed by atoms with Gasteiger partial charge in [-0.1, -0.05) is 36.4 Å². The van der Waals surface area contributed by atoms with Crippen LogP contribution in [0.3, 0.4) is 0 Å². The predicted octanol–water partition coefficient (Wildman–Crippen LogP) is 3.61. The molecule has 2 aromatic rings. The van der Waals surface area contributed by atoms with E-state index in [1.165, 1.54) is 0 Å². The highest BCUT2D eigenvalue weighted by molar-refractivity contribution is 7.98. The number of thioether (sulfide) groups is 1. The molecule has 0 aromatic heterocycles. The van der Waals surface area contributed by atoms with Crippen molar-refractivity contribution >= 4 is 17.7 Å². The van der Waals surface area contributed by atoms with Crippen molar-refractivity contribution in [3.8, 4) is 5.75 Å². The van der Waals surface area contributed by atoms with Crippen LogP contribution in [0.1, 0.15) is 11.1 Å². The fourth-order valence-corrected chi connectivity index (χ4v) is 2.99. The SMILES string of the molecule is COc1ccccc1SCc1ccccc1CC(=O)O. The van der Waals surface area contributed by atoms with E-state index < -0.39 is 5.97 Å². The van der Waals surface area contributed by atoms with E-state index in [2.05, 4.69) is 0 Å². The summed E-state index contributed by atoms with van der Waals surface area (Å²) >= 11 is 1.65. The third-order valence-electron chi connectivity index (χ3n) is 2.91. The number of carboxylic acid groups (broad SMARTS) is 1. The first kappa shape index (κ1) is 14.5. The van der Waals surface area contributed by atoms with Crippen LogP contribution in [0.25, 0.3) is 0 Å². The maximum atomic E-state index is 10.9. The van der Waals surface area contributed by atoms with Crippen molar-refractivity contribution in [3.05, 3.63) is 59.7 Å². The van der Waals surface area contributed by atoms with Crippen molar-refractivity contribution in [2.24, 2.45) is 0 Å². The predicted molar refractivity (Wildman–Crippen MR) is 80.3 cm³/mol. The van der Waals surface area contributed by atoms with E-state index in [-0.39, 0.29) is 6.42 Å². The van der Waals surface area contributed by atoms with Crippen LogP contribution in [-0.2, 0) is 17.0 Å². The van der Waals surface area contributed by atoms with Gasteiger partial charge in [-0.2, -0.15) is 0 Å². The van der Waals surface area contributed by atoms with Gasteiger partial charge in [-0.25, -0.2) is 0 Å². The summed E-state index contributed by atoms with van der Waals surface area (Å²) in [6.07, 6.45) is 0.0582. The average Bonchev–Trinajstić information content (AvgIpc) is 2.46. The Hall–Kier alpha value is -1.94. The van der Waals surface area contributed by atoms with E-state index in [0.717, 1.165) is 27.5 Å². The molecule has 0 aliphatic rings. The maximum Gasteiger partial charge on any atom is 0.307 e. The summed E-state index contributed by atoms with van der Waals surface area (Å²) in [5.74, 6) is 0.761. The lowest BCUT2D eigenvalue weighted by atomic mass is 10.1. The highest BCUT2D eigenvalue weighted by atomic mass is 32.2. The first-order valence-corrected chi connectivity index (χ1v) is 7.23. The van der Waals surface area contributed by atoms with E-state index in [9.17, 15) is 4.79 Å². The Morgan fingerprint density at radius 2 is 1.75 bits per heavy atom. The molecule has 1 N–H and O–H groups in total. The van der Waals surface area contributed by atoms with Crippen molar-refractivity contribution in [1.82, 2.24) is 0 Å². The molecule has 20 heavy (non-hydrogen) atoms. The molecule has 2 rings (SSSR count). The number of benzene rings is 2. The summed E-state index contributed by atoms with van der Waals surface area (Å²) in [4.78, 5) is 11.9. The van der Waals surface area contributed by atoms with Crippen molar-refractivity contribution in [2.75, 3.05) is 7.11 Å². The molecule has 0 radical (unpaired) electrons. The Labute approximate surface area is 122 Å². The second-order valence-electron chi connectivity index (χ2n) is 4.28. The molecule has 0 spiro atoms. The number of carboxylic acids is 1. The van der Waals surface area contributed by atoms with E-state index in [4.69, 9.17) is 9.84 Å². The molecule has 3 nitrogen and oxygen atoms in total. The molecule has 4 heteroatoms. The first-order valence-electron chi connectivity index (χ1n) is 6.25. The molecular formula is C16H16O3S. The number of methoxy groups -OCH3 is 1. The zero-order valence-electron chi connectivity index (χ0n) is 11.2. The Kier molecular flexibility index (Phi) is 5.07. The van der Waals surface area contributed by atoms with Crippen LogP contribution in [0.15, 0.2) is 53.4 Å². The monoisotopic (exact) mass is 288 g/mol. The standard InChI is InChI=1S/C16H16O3S/c1-19-14-8-4-5-9-15(14)20-11-13-7-3-2-6-12(13)10-16(17)18/h2-9H,10-11H2,1H3,(H,17,18). The minimum Gasteiger partial charge on any atom is -0.496 e. The van der Waals surface area contributed by atoms with Gasteiger partial charge in [0.1, 0.15) is 5.75 Å². The fourth-order valence-electron chi connectivity index (χ4n) is 1.93. The van der Waals surface area contributed by atoms with Gasteiger partial charge in [-0.3, -0.25) is 4.79 Å². The molecule has 0 aliphatic carbocycles. The molecule has 0 saturated heterocycles. The first-order chi connectivity index (χ1) is 9.70. The van der Waals surface area contributed by atoms with Crippen LogP contribution < -0.4 is 4.74 Å². The van der Waals surface area contributed by atoms with Gasteiger partial charge in [0.25, 0.3) is 0 Å². The number of carbonyl (C=O) groups is 1. The van der Waals surface area contributed by atoms with Gasteiger partial charge in [0.05, 0.1) is 13.5 Å². The lowest BCUT2D eigenvalue weighted by Gasteiger charge is -2.10. The summed E-state index contributed by atoms with van der Waals surface area (Å²) in [5.41, 5.74) is 1.91. The van der Waals surface area contributed by atoms with Crippen LogP contribution in [0, 0.1) is 0 Å². The summed E-state index contributed by atoms with van der Waals surface area (Å²) < 4.78 is 5.31. The Morgan fingerprint density at radius 1 is 1.10 bits per heavy atom. The molecule has 0 amide bonds. The lowest BCUT2D eigenvalue weighted by molar-refractivity contribution is -0.136. The number of hydrogen-bond donors (Lipinski definition) is 1. The average molecular weight is 288 g/mol. The Balaban J connectivity index is 2.12. The zero-order valence-corrected chi connectivity index (χ0v) is 12.0. The third-order valence-corrected chi connectivity index (χ3v) is 4.02. The van der Waals surface area contributed by atoms with Gasteiger partial charge >= 0.3 is 5.97 Å². The molecule has 0 heterocycles. The molecule has 0 unspecified atom stereocenters. The van der Waals surface area contributed by atoms with Gasteiger partial charge in [-0.15, -0.1) is 11.8 Å². The van der Waals surface area contributed by atoms with Crippen molar-refractivity contribution in [1.29, 1.82) is 0 Å². The quantitative estimate of drug-likeness (QED) is 0.825.